The molecule has 1 N–H and O–H groups in total. The van der Waals surface area contributed by atoms with E-state index < -0.39 is 0 Å². The van der Waals surface area contributed by atoms with Gasteiger partial charge in [0.15, 0.2) is 0 Å². The first-order valence-electron chi connectivity index (χ1n) is 4.67. The summed E-state index contributed by atoms with van der Waals surface area (Å²) in [5.41, 5.74) is 1.02. The zero-order chi connectivity index (χ0) is 11.4. The van der Waals surface area contributed by atoms with Gasteiger partial charge in [0.05, 0.1) is 9.40 Å². The first-order valence-corrected chi connectivity index (χ1v) is 5.46. The molecule has 1 rings (SSSR count). The quantitative estimate of drug-likeness (QED) is 0.678. The molecule has 0 aromatic heterocycles. The molecule has 0 heterocycles. The SMILES string of the molecule is CC(C)NCc1ccc(Br)c([N+](=O)[O-])c1. The Balaban J connectivity index is 2.83. The second-order valence-corrected chi connectivity index (χ2v) is 4.43. The van der Waals surface area contributed by atoms with E-state index in [0.29, 0.717) is 17.1 Å². The lowest BCUT2D eigenvalue weighted by molar-refractivity contribution is -0.385. The predicted molar refractivity (Wildman–Crippen MR) is 62.8 cm³/mol. The van der Waals surface area contributed by atoms with E-state index in [2.05, 4.69) is 21.2 Å². The Morgan fingerprint density at radius 2 is 2.20 bits per heavy atom. The van der Waals surface area contributed by atoms with Gasteiger partial charge in [0.1, 0.15) is 0 Å². The molecule has 0 bridgehead atoms. The molecule has 1 aromatic carbocycles. The minimum absolute atomic E-state index is 0.109. The lowest BCUT2D eigenvalue weighted by Crippen LogP contribution is -2.21. The Morgan fingerprint density at radius 3 is 2.73 bits per heavy atom. The Morgan fingerprint density at radius 1 is 1.53 bits per heavy atom. The van der Waals surface area contributed by atoms with Crippen molar-refractivity contribution in [2.75, 3.05) is 0 Å². The highest BCUT2D eigenvalue weighted by Gasteiger charge is 2.11. The summed E-state index contributed by atoms with van der Waals surface area (Å²) in [4.78, 5) is 10.3. The molecule has 0 aliphatic carbocycles. The van der Waals surface area contributed by atoms with E-state index in [9.17, 15) is 10.1 Å². The van der Waals surface area contributed by atoms with Crippen LogP contribution in [0.4, 0.5) is 5.69 Å². The van der Waals surface area contributed by atoms with Gasteiger partial charge in [0, 0.05) is 18.7 Å². The molecule has 0 fully saturated rings. The Hall–Kier alpha value is -0.940. The summed E-state index contributed by atoms with van der Waals surface area (Å²) in [5, 5.41) is 13.9. The van der Waals surface area contributed by atoms with Crippen LogP contribution in [0.5, 0.6) is 0 Å². The van der Waals surface area contributed by atoms with Crippen molar-refractivity contribution < 1.29 is 4.92 Å². The Kier molecular flexibility index (Phi) is 4.23. The molecular formula is C10H13BrN2O2. The van der Waals surface area contributed by atoms with E-state index in [1.54, 1.807) is 12.1 Å². The molecule has 0 aliphatic rings. The molecule has 15 heavy (non-hydrogen) atoms. The number of nitro benzene ring substituents is 1. The van der Waals surface area contributed by atoms with Gasteiger partial charge in [-0.25, -0.2) is 0 Å². The number of nitro groups is 1. The van der Waals surface area contributed by atoms with E-state index in [1.165, 1.54) is 0 Å². The largest absolute Gasteiger partial charge is 0.310 e. The topological polar surface area (TPSA) is 55.2 Å². The second-order valence-electron chi connectivity index (χ2n) is 3.58. The fourth-order valence-corrected chi connectivity index (χ4v) is 1.52. The van der Waals surface area contributed by atoms with Gasteiger partial charge in [-0.1, -0.05) is 19.9 Å². The third-order valence-electron chi connectivity index (χ3n) is 1.92. The lowest BCUT2D eigenvalue weighted by atomic mass is 10.2. The first-order chi connectivity index (χ1) is 7.00. The van der Waals surface area contributed by atoms with Crippen molar-refractivity contribution in [3.05, 3.63) is 38.3 Å². The molecule has 0 aliphatic heterocycles. The first kappa shape index (κ1) is 12.1. The van der Waals surface area contributed by atoms with Crippen LogP contribution in [-0.2, 0) is 6.54 Å². The maximum absolute atomic E-state index is 10.7. The molecule has 0 saturated heterocycles. The maximum atomic E-state index is 10.7. The van der Waals surface area contributed by atoms with E-state index in [-0.39, 0.29) is 10.6 Å². The lowest BCUT2D eigenvalue weighted by Gasteiger charge is -2.07. The van der Waals surface area contributed by atoms with Crippen LogP contribution < -0.4 is 5.32 Å². The van der Waals surface area contributed by atoms with E-state index in [1.807, 2.05) is 19.9 Å². The third-order valence-corrected chi connectivity index (χ3v) is 2.59. The molecule has 0 saturated carbocycles. The highest BCUT2D eigenvalue weighted by molar-refractivity contribution is 9.10. The fraction of sp³-hybridized carbons (Fsp3) is 0.400. The van der Waals surface area contributed by atoms with E-state index in [4.69, 9.17) is 0 Å². The monoisotopic (exact) mass is 272 g/mol. The summed E-state index contributed by atoms with van der Waals surface area (Å²) in [6.07, 6.45) is 0. The van der Waals surface area contributed by atoms with Crippen LogP contribution in [0.15, 0.2) is 22.7 Å². The second kappa shape index (κ2) is 5.23. The van der Waals surface area contributed by atoms with E-state index >= 15 is 0 Å². The van der Waals surface area contributed by atoms with Crippen molar-refractivity contribution in [2.45, 2.75) is 26.4 Å². The Labute approximate surface area is 97.0 Å². The molecular weight excluding hydrogens is 260 g/mol. The Bertz CT molecular complexity index is 366. The molecule has 4 nitrogen and oxygen atoms in total. The fourth-order valence-electron chi connectivity index (χ4n) is 1.13. The zero-order valence-corrected chi connectivity index (χ0v) is 10.2. The number of halogens is 1. The third kappa shape index (κ3) is 3.60. The van der Waals surface area contributed by atoms with Crippen LogP contribution in [0, 0.1) is 10.1 Å². The number of rotatable bonds is 4. The van der Waals surface area contributed by atoms with Gasteiger partial charge in [-0.3, -0.25) is 10.1 Å². The van der Waals surface area contributed by atoms with Crippen LogP contribution in [0.2, 0.25) is 0 Å². The predicted octanol–water partition coefficient (Wildman–Crippen LogP) is 2.86. The number of hydrogen-bond donors (Lipinski definition) is 1. The van der Waals surface area contributed by atoms with Crippen molar-refractivity contribution >= 4 is 21.6 Å². The van der Waals surface area contributed by atoms with Crippen LogP contribution in [0.3, 0.4) is 0 Å². The summed E-state index contributed by atoms with van der Waals surface area (Å²) in [5.74, 6) is 0. The number of benzene rings is 1. The number of nitrogens with one attached hydrogen (secondary N) is 1. The number of hydrogen-bond acceptors (Lipinski definition) is 3. The highest BCUT2D eigenvalue weighted by Crippen LogP contribution is 2.25. The van der Waals surface area contributed by atoms with Gasteiger partial charge in [-0.15, -0.1) is 0 Å². The highest BCUT2D eigenvalue weighted by atomic mass is 79.9. The summed E-state index contributed by atoms with van der Waals surface area (Å²) < 4.78 is 0.515. The van der Waals surface area contributed by atoms with Gasteiger partial charge >= 0.3 is 0 Å². The summed E-state index contributed by atoms with van der Waals surface area (Å²) >= 11 is 3.15. The van der Waals surface area contributed by atoms with Crippen molar-refractivity contribution in [1.29, 1.82) is 0 Å². The summed E-state index contributed by atoms with van der Waals surface area (Å²) in [6, 6.07) is 5.52. The number of nitrogens with zero attached hydrogens (tertiary/aromatic N) is 1. The zero-order valence-electron chi connectivity index (χ0n) is 8.66. The molecule has 0 atom stereocenters. The van der Waals surface area contributed by atoms with Crippen molar-refractivity contribution in [3.63, 3.8) is 0 Å². The van der Waals surface area contributed by atoms with Crippen LogP contribution in [-0.4, -0.2) is 11.0 Å². The molecule has 0 unspecified atom stereocenters. The standard InChI is InChI=1S/C10H13BrN2O2/c1-7(2)12-6-8-3-4-9(11)10(5-8)13(14)15/h3-5,7,12H,6H2,1-2H3. The smallest absolute Gasteiger partial charge is 0.283 e. The summed E-state index contributed by atoms with van der Waals surface area (Å²) in [7, 11) is 0. The molecule has 0 spiro atoms. The van der Waals surface area contributed by atoms with Crippen LogP contribution in [0.1, 0.15) is 19.4 Å². The van der Waals surface area contributed by atoms with E-state index in [0.717, 1.165) is 5.56 Å². The molecule has 0 amide bonds. The minimum Gasteiger partial charge on any atom is -0.310 e. The van der Waals surface area contributed by atoms with Crippen molar-refractivity contribution in [2.24, 2.45) is 0 Å². The van der Waals surface area contributed by atoms with Gasteiger partial charge in [-0.05, 0) is 27.6 Å². The van der Waals surface area contributed by atoms with Gasteiger partial charge < -0.3 is 5.32 Å². The normalized spacial score (nSPS) is 10.7. The average Bonchev–Trinajstić information content (AvgIpc) is 2.16. The van der Waals surface area contributed by atoms with Gasteiger partial charge in [-0.2, -0.15) is 0 Å². The van der Waals surface area contributed by atoms with Crippen molar-refractivity contribution in [1.82, 2.24) is 5.32 Å². The average molecular weight is 273 g/mol. The van der Waals surface area contributed by atoms with Crippen LogP contribution in [0.25, 0.3) is 0 Å². The molecule has 82 valence electrons. The summed E-state index contributed by atoms with van der Waals surface area (Å²) in [6.45, 7) is 4.71. The van der Waals surface area contributed by atoms with Crippen molar-refractivity contribution in [3.8, 4) is 0 Å². The molecule has 1 aromatic rings. The molecule has 5 heteroatoms. The molecule has 0 radical (unpaired) electrons. The maximum Gasteiger partial charge on any atom is 0.283 e. The van der Waals surface area contributed by atoms with Gasteiger partial charge in [0.25, 0.3) is 5.69 Å². The van der Waals surface area contributed by atoms with Crippen LogP contribution >= 0.6 is 15.9 Å². The minimum atomic E-state index is -0.386. The van der Waals surface area contributed by atoms with Gasteiger partial charge in [0.2, 0.25) is 0 Å².